The summed E-state index contributed by atoms with van der Waals surface area (Å²) in [5.74, 6) is 2.20. The molecule has 122 valence electrons. The van der Waals surface area contributed by atoms with Crippen molar-refractivity contribution in [1.29, 1.82) is 0 Å². The van der Waals surface area contributed by atoms with Gasteiger partial charge in [-0.2, -0.15) is 0 Å². The molecule has 0 bridgehead atoms. The highest BCUT2D eigenvalue weighted by atomic mass is 15.2. The SMILES string of the molecule is Cc1ccc(Nc2ncnc(N3CCCC(C)C3)c2N)cc1C. The number of aryl methyl sites for hydroxylation is 2. The highest BCUT2D eigenvalue weighted by Crippen LogP contribution is 2.31. The van der Waals surface area contributed by atoms with Crippen LogP contribution in [0.1, 0.15) is 30.9 Å². The van der Waals surface area contributed by atoms with Crippen LogP contribution in [-0.2, 0) is 0 Å². The molecule has 1 aromatic carbocycles. The second-order valence-corrected chi connectivity index (χ2v) is 6.58. The van der Waals surface area contributed by atoms with Crippen molar-refractivity contribution in [3.05, 3.63) is 35.7 Å². The number of nitrogen functional groups attached to an aromatic ring is 1. The second-order valence-electron chi connectivity index (χ2n) is 6.58. The van der Waals surface area contributed by atoms with Gasteiger partial charge in [-0.25, -0.2) is 9.97 Å². The van der Waals surface area contributed by atoms with Crippen molar-refractivity contribution in [2.24, 2.45) is 5.92 Å². The van der Waals surface area contributed by atoms with E-state index < -0.39 is 0 Å². The molecule has 0 spiro atoms. The van der Waals surface area contributed by atoms with Crippen LogP contribution in [0.15, 0.2) is 24.5 Å². The third-order valence-electron chi connectivity index (χ3n) is 4.59. The highest BCUT2D eigenvalue weighted by molar-refractivity contribution is 5.78. The summed E-state index contributed by atoms with van der Waals surface area (Å²) in [6, 6.07) is 6.26. The molecular formula is C18H25N5. The van der Waals surface area contributed by atoms with Gasteiger partial charge >= 0.3 is 0 Å². The minimum absolute atomic E-state index is 0.625. The van der Waals surface area contributed by atoms with Gasteiger partial charge in [0.2, 0.25) is 0 Å². The van der Waals surface area contributed by atoms with Gasteiger partial charge in [0.15, 0.2) is 11.6 Å². The number of piperidine rings is 1. The lowest BCUT2D eigenvalue weighted by atomic mass is 10.0. The Hall–Kier alpha value is -2.30. The van der Waals surface area contributed by atoms with Crippen LogP contribution in [0.5, 0.6) is 0 Å². The van der Waals surface area contributed by atoms with Crippen LogP contribution in [0.25, 0.3) is 0 Å². The fraction of sp³-hybridized carbons (Fsp3) is 0.444. The molecule has 1 unspecified atom stereocenters. The fourth-order valence-electron chi connectivity index (χ4n) is 3.08. The molecule has 0 amide bonds. The van der Waals surface area contributed by atoms with Crippen LogP contribution in [0.3, 0.4) is 0 Å². The van der Waals surface area contributed by atoms with Crippen LogP contribution in [0.4, 0.5) is 23.0 Å². The molecule has 1 aromatic heterocycles. The van der Waals surface area contributed by atoms with Gasteiger partial charge in [0.25, 0.3) is 0 Å². The summed E-state index contributed by atoms with van der Waals surface area (Å²) < 4.78 is 0. The Labute approximate surface area is 137 Å². The molecule has 0 aliphatic carbocycles. The largest absolute Gasteiger partial charge is 0.393 e. The topological polar surface area (TPSA) is 67.1 Å². The molecule has 2 heterocycles. The van der Waals surface area contributed by atoms with Crippen LogP contribution < -0.4 is 16.0 Å². The molecule has 23 heavy (non-hydrogen) atoms. The lowest BCUT2D eigenvalue weighted by Crippen LogP contribution is -2.35. The summed E-state index contributed by atoms with van der Waals surface area (Å²) >= 11 is 0. The van der Waals surface area contributed by atoms with E-state index in [0.29, 0.717) is 17.4 Å². The molecule has 1 aliphatic rings. The predicted octanol–water partition coefficient (Wildman–Crippen LogP) is 3.66. The predicted molar refractivity (Wildman–Crippen MR) is 96.3 cm³/mol. The smallest absolute Gasteiger partial charge is 0.159 e. The molecule has 0 radical (unpaired) electrons. The summed E-state index contributed by atoms with van der Waals surface area (Å²) in [5, 5.41) is 3.33. The van der Waals surface area contributed by atoms with Crippen molar-refractivity contribution >= 4 is 23.0 Å². The number of hydrogen-bond donors (Lipinski definition) is 2. The monoisotopic (exact) mass is 311 g/mol. The average molecular weight is 311 g/mol. The lowest BCUT2D eigenvalue weighted by molar-refractivity contribution is 0.445. The molecule has 3 N–H and O–H groups in total. The Balaban J connectivity index is 1.85. The molecule has 1 fully saturated rings. The van der Waals surface area contributed by atoms with Crippen molar-refractivity contribution in [2.75, 3.05) is 29.0 Å². The van der Waals surface area contributed by atoms with Crippen molar-refractivity contribution in [3.63, 3.8) is 0 Å². The number of anilines is 4. The summed E-state index contributed by atoms with van der Waals surface area (Å²) in [4.78, 5) is 11.0. The van der Waals surface area contributed by atoms with E-state index in [1.165, 1.54) is 24.0 Å². The van der Waals surface area contributed by atoms with E-state index in [2.05, 4.69) is 53.1 Å². The van der Waals surface area contributed by atoms with Gasteiger partial charge in [-0.05, 0) is 55.9 Å². The molecule has 1 atom stereocenters. The zero-order chi connectivity index (χ0) is 16.4. The van der Waals surface area contributed by atoms with Crippen molar-refractivity contribution < 1.29 is 0 Å². The number of nitrogens with zero attached hydrogens (tertiary/aromatic N) is 3. The summed E-state index contributed by atoms with van der Waals surface area (Å²) in [7, 11) is 0. The quantitative estimate of drug-likeness (QED) is 0.905. The van der Waals surface area contributed by atoms with E-state index in [0.717, 1.165) is 24.6 Å². The first-order chi connectivity index (χ1) is 11.0. The zero-order valence-corrected chi connectivity index (χ0v) is 14.1. The second kappa shape index (κ2) is 6.44. The summed E-state index contributed by atoms with van der Waals surface area (Å²) in [5.41, 5.74) is 10.5. The maximum Gasteiger partial charge on any atom is 0.159 e. The summed E-state index contributed by atoms with van der Waals surface area (Å²) in [6.45, 7) is 8.49. The van der Waals surface area contributed by atoms with Crippen molar-refractivity contribution in [3.8, 4) is 0 Å². The van der Waals surface area contributed by atoms with E-state index in [4.69, 9.17) is 5.73 Å². The van der Waals surface area contributed by atoms with Gasteiger partial charge < -0.3 is 16.0 Å². The van der Waals surface area contributed by atoms with Gasteiger partial charge in [-0.1, -0.05) is 13.0 Å². The molecule has 1 saturated heterocycles. The van der Waals surface area contributed by atoms with E-state index in [-0.39, 0.29) is 0 Å². The normalized spacial score (nSPS) is 18.0. The minimum atomic E-state index is 0.625. The highest BCUT2D eigenvalue weighted by Gasteiger charge is 2.21. The Bertz CT molecular complexity index is 698. The number of benzene rings is 1. The number of aromatic nitrogens is 2. The van der Waals surface area contributed by atoms with Crippen LogP contribution in [0, 0.1) is 19.8 Å². The van der Waals surface area contributed by atoms with Gasteiger partial charge in [0.1, 0.15) is 12.0 Å². The average Bonchev–Trinajstić information content (AvgIpc) is 2.53. The van der Waals surface area contributed by atoms with Crippen LogP contribution >= 0.6 is 0 Å². The number of nitrogens with two attached hydrogens (primary N) is 1. The first-order valence-corrected chi connectivity index (χ1v) is 8.24. The molecule has 2 aromatic rings. The minimum Gasteiger partial charge on any atom is -0.393 e. The Morgan fingerprint density at radius 3 is 2.78 bits per heavy atom. The van der Waals surface area contributed by atoms with Gasteiger partial charge in [0.05, 0.1) is 0 Å². The van der Waals surface area contributed by atoms with Crippen LogP contribution in [0.2, 0.25) is 0 Å². The lowest BCUT2D eigenvalue weighted by Gasteiger charge is -2.32. The fourth-order valence-corrected chi connectivity index (χ4v) is 3.08. The zero-order valence-electron chi connectivity index (χ0n) is 14.1. The third kappa shape index (κ3) is 3.38. The molecule has 1 aliphatic heterocycles. The van der Waals surface area contributed by atoms with E-state index in [1.54, 1.807) is 6.33 Å². The molecule has 0 saturated carbocycles. The Morgan fingerprint density at radius 1 is 1.22 bits per heavy atom. The Kier molecular flexibility index (Phi) is 4.37. The van der Waals surface area contributed by atoms with Crippen LogP contribution in [-0.4, -0.2) is 23.1 Å². The summed E-state index contributed by atoms with van der Waals surface area (Å²) in [6.07, 6.45) is 4.05. The first kappa shape index (κ1) is 15.6. The molecule has 5 heteroatoms. The van der Waals surface area contributed by atoms with Crippen molar-refractivity contribution in [2.45, 2.75) is 33.6 Å². The van der Waals surface area contributed by atoms with E-state index in [1.807, 2.05) is 6.07 Å². The maximum atomic E-state index is 6.35. The molecule has 5 nitrogen and oxygen atoms in total. The maximum absolute atomic E-state index is 6.35. The van der Waals surface area contributed by atoms with Gasteiger partial charge in [-0.15, -0.1) is 0 Å². The van der Waals surface area contributed by atoms with E-state index >= 15 is 0 Å². The number of rotatable bonds is 3. The molecular weight excluding hydrogens is 286 g/mol. The first-order valence-electron chi connectivity index (χ1n) is 8.24. The van der Waals surface area contributed by atoms with Gasteiger partial charge in [0, 0.05) is 18.8 Å². The standard InChI is InChI=1S/C18H25N5/c1-12-5-4-8-23(10-12)18-16(19)17(20-11-21-18)22-15-7-6-13(2)14(3)9-15/h6-7,9,11-12H,4-5,8,10,19H2,1-3H3,(H,20,21,22). The van der Waals surface area contributed by atoms with E-state index in [9.17, 15) is 0 Å². The number of hydrogen-bond acceptors (Lipinski definition) is 5. The number of nitrogens with one attached hydrogen (secondary N) is 1. The Morgan fingerprint density at radius 2 is 2.04 bits per heavy atom. The third-order valence-corrected chi connectivity index (χ3v) is 4.59. The molecule has 3 rings (SSSR count). The van der Waals surface area contributed by atoms with Crippen molar-refractivity contribution in [1.82, 2.24) is 9.97 Å². The van der Waals surface area contributed by atoms with Gasteiger partial charge in [-0.3, -0.25) is 0 Å².